The highest BCUT2D eigenvalue weighted by Gasteiger charge is 2.07. The molecule has 14 heavy (non-hydrogen) atoms. The summed E-state index contributed by atoms with van der Waals surface area (Å²) in [5.41, 5.74) is 1.02. The molecular formula is C11H16O2S. The van der Waals surface area contributed by atoms with Crippen LogP contribution in [0.5, 0.6) is 0 Å². The second kappa shape index (κ2) is 6.49. The van der Waals surface area contributed by atoms with E-state index in [0.29, 0.717) is 6.61 Å². The fraction of sp³-hybridized carbons (Fsp3) is 0.364. The number of hydrogen-bond acceptors (Lipinski definition) is 2. The zero-order valence-corrected chi connectivity index (χ0v) is 9.49. The van der Waals surface area contributed by atoms with Crippen molar-refractivity contribution in [3.05, 3.63) is 35.9 Å². The zero-order chi connectivity index (χ0) is 9.68. The van der Waals surface area contributed by atoms with E-state index in [-0.39, 0.29) is 25.4 Å². The third kappa shape index (κ3) is 4.33. The number of rotatable bonds is 3. The van der Waals surface area contributed by atoms with Gasteiger partial charge in [0, 0.05) is 0 Å². The van der Waals surface area contributed by atoms with Crippen LogP contribution in [0.2, 0.25) is 0 Å². The van der Waals surface area contributed by atoms with Crippen LogP contribution in [0.25, 0.3) is 0 Å². The number of esters is 1. The minimum Gasteiger partial charge on any atom is -0.461 e. The lowest BCUT2D eigenvalue weighted by molar-refractivity contribution is -0.148. The van der Waals surface area contributed by atoms with Crippen LogP contribution in [0.15, 0.2) is 30.3 Å². The Labute approximate surface area is 91.7 Å². The van der Waals surface area contributed by atoms with Crippen molar-refractivity contribution in [2.75, 3.05) is 0 Å². The monoisotopic (exact) mass is 212 g/mol. The molecule has 0 aromatic heterocycles. The highest BCUT2D eigenvalue weighted by molar-refractivity contribution is 7.59. The first-order chi connectivity index (χ1) is 6.20. The van der Waals surface area contributed by atoms with Crippen molar-refractivity contribution < 1.29 is 9.53 Å². The molecule has 0 heterocycles. The summed E-state index contributed by atoms with van der Waals surface area (Å²) in [7, 11) is 0. The quantitative estimate of drug-likeness (QED) is 0.720. The summed E-state index contributed by atoms with van der Waals surface area (Å²) in [6.45, 7) is 4.03. The molecule has 1 aromatic rings. The third-order valence-electron chi connectivity index (χ3n) is 1.70. The van der Waals surface area contributed by atoms with Crippen LogP contribution >= 0.6 is 13.5 Å². The summed E-state index contributed by atoms with van der Waals surface area (Å²) < 4.78 is 5.05. The normalized spacial score (nSPS) is 9.36. The van der Waals surface area contributed by atoms with Gasteiger partial charge in [-0.15, -0.1) is 0 Å². The van der Waals surface area contributed by atoms with Crippen molar-refractivity contribution >= 4 is 19.5 Å². The molecule has 0 aliphatic rings. The highest BCUT2D eigenvalue weighted by atomic mass is 32.1. The van der Waals surface area contributed by atoms with Gasteiger partial charge in [0.15, 0.2) is 0 Å². The van der Waals surface area contributed by atoms with E-state index < -0.39 is 0 Å². The summed E-state index contributed by atoms with van der Waals surface area (Å²) in [5, 5.41) is 0. The van der Waals surface area contributed by atoms with Crippen molar-refractivity contribution in [3.8, 4) is 0 Å². The summed E-state index contributed by atoms with van der Waals surface area (Å²) in [6.07, 6.45) is 0. The van der Waals surface area contributed by atoms with E-state index in [1.54, 1.807) is 0 Å². The SMILES string of the molecule is CC(C)C(=O)OCc1ccccc1.S. The fourth-order valence-corrected chi connectivity index (χ4v) is 0.895. The van der Waals surface area contributed by atoms with Crippen LogP contribution in [0, 0.1) is 5.92 Å². The van der Waals surface area contributed by atoms with Gasteiger partial charge in [0.05, 0.1) is 5.92 Å². The average Bonchev–Trinajstić information content (AvgIpc) is 2.15. The van der Waals surface area contributed by atoms with Gasteiger partial charge in [-0.05, 0) is 5.56 Å². The molecule has 0 spiro atoms. The van der Waals surface area contributed by atoms with Crippen molar-refractivity contribution in [3.63, 3.8) is 0 Å². The molecule has 78 valence electrons. The Morgan fingerprint density at radius 1 is 1.29 bits per heavy atom. The molecule has 0 N–H and O–H groups in total. The van der Waals surface area contributed by atoms with Crippen LogP contribution in [-0.4, -0.2) is 5.97 Å². The van der Waals surface area contributed by atoms with E-state index in [0.717, 1.165) is 5.56 Å². The molecule has 0 aliphatic heterocycles. The summed E-state index contributed by atoms with van der Waals surface area (Å²) in [4.78, 5) is 11.1. The average molecular weight is 212 g/mol. The van der Waals surface area contributed by atoms with Crippen LogP contribution in [0.1, 0.15) is 19.4 Å². The fourth-order valence-electron chi connectivity index (χ4n) is 0.895. The van der Waals surface area contributed by atoms with Gasteiger partial charge in [0.25, 0.3) is 0 Å². The Hall–Kier alpha value is -0.960. The van der Waals surface area contributed by atoms with Gasteiger partial charge in [-0.25, -0.2) is 0 Å². The maximum absolute atomic E-state index is 11.1. The molecule has 1 aromatic carbocycles. The lowest BCUT2D eigenvalue weighted by Crippen LogP contribution is -2.11. The Bertz CT molecular complexity index is 270. The smallest absolute Gasteiger partial charge is 0.308 e. The predicted molar refractivity (Wildman–Crippen MR) is 61.5 cm³/mol. The van der Waals surface area contributed by atoms with E-state index in [1.165, 1.54) is 0 Å². The van der Waals surface area contributed by atoms with Gasteiger partial charge < -0.3 is 4.74 Å². The molecule has 0 saturated carbocycles. The number of hydrogen-bond donors (Lipinski definition) is 0. The highest BCUT2D eigenvalue weighted by Crippen LogP contribution is 2.03. The first-order valence-electron chi connectivity index (χ1n) is 4.40. The van der Waals surface area contributed by atoms with Gasteiger partial charge >= 0.3 is 5.97 Å². The van der Waals surface area contributed by atoms with Crippen molar-refractivity contribution in [1.29, 1.82) is 0 Å². The molecule has 2 nitrogen and oxygen atoms in total. The van der Waals surface area contributed by atoms with Gasteiger partial charge in [-0.3, -0.25) is 4.79 Å². The van der Waals surface area contributed by atoms with Crippen LogP contribution in [-0.2, 0) is 16.1 Å². The van der Waals surface area contributed by atoms with E-state index in [4.69, 9.17) is 4.74 Å². The number of ether oxygens (including phenoxy) is 1. The Morgan fingerprint density at radius 3 is 2.36 bits per heavy atom. The molecule has 0 unspecified atom stereocenters. The molecule has 0 fully saturated rings. The van der Waals surface area contributed by atoms with E-state index in [2.05, 4.69) is 0 Å². The molecule has 0 amide bonds. The first-order valence-corrected chi connectivity index (χ1v) is 4.40. The van der Waals surface area contributed by atoms with E-state index >= 15 is 0 Å². The molecule has 0 saturated heterocycles. The van der Waals surface area contributed by atoms with Crippen molar-refractivity contribution in [2.24, 2.45) is 5.92 Å². The maximum Gasteiger partial charge on any atom is 0.308 e. The van der Waals surface area contributed by atoms with Crippen LogP contribution < -0.4 is 0 Å². The molecule has 0 radical (unpaired) electrons. The minimum atomic E-state index is -0.149. The van der Waals surface area contributed by atoms with Crippen LogP contribution in [0.3, 0.4) is 0 Å². The maximum atomic E-state index is 11.1. The summed E-state index contributed by atoms with van der Waals surface area (Å²) >= 11 is 0. The molecule has 0 atom stereocenters. The number of carbonyl (C=O) groups excluding carboxylic acids is 1. The molecular weight excluding hydrogens is 196 g/mol. The number of benzene rings is 1. The predicted octanol–water partition coefficient (Wildman–Crippen LogP) is 2.50. The third-order valence-corrected chi connectivity index (χ3v) is 1.70. The second-order valence-electron chi connectivity index (χ2n) is 3.25. The van der Waals surface area contributed by atoms with Crippen LogP contribution in [0.4, 0.5) is 0 Å². The lowest BCUT2D eigenvalue weighted by atomic mass is 10.2. The van der Waals surface area contributed by atoms with Gasteiger partial charge in [-0.2, -0.15) is 13.5 Å². The second-order valence-corrected chi connectivity index (χ2v) is 3.25. The van der Waals surface area contributed by atoms with Crippen molar-refractivity contribution in [1.82, 2.24) is 0 Å². The molecule has 0 bridgehead atoms. The van der Waals surface area contributed by atoms with E-state index in [9.17, 15) is 4.79 Å². The van der Waals surface area contributed by atoms with Gasteiger partial charge in [-0.1, -0.05) is 44.2 Å². The number of carbonyl (C=O) groups is 1. The first kappa shape index (κ1) is 13.0. The zero-order valence-electron chi connectivity index (χ0n) is 8.49. The Balaban J connectivity index is 0.00000169. The summed E-state index contributed by atoms with van der Waals surface area (Å²) in [5.74, 6) is -0.201. The van der Waals surface area contributed by atoms with Gasteiger partial charge in [0.2, 0.25) is 0 Å². The van der Waals surface area contributed by atoms with Gasteiger partial charge in [0.1, 0.15) is 6.61 Å². The lowest BCUT2D eigenvalue weighted by Gasteiger charge is -2.06. The molecule has 1 rings (SSSR count). The van der Waals surface area contributed by atoms with Crippen molar-refractivity contribution in [2.45, 2.75) is 20.5 Å². The molecule has 3 heteroatoms. The summed E-state index contributed by atoms with van der Waals surface area (Å²) in [6, 6.07) is 9.67. The Kier molecular flexibility index (Phi) is 6.04. The Morgan fingerprint density at radius 2 is 1.86 bits per heavy atom. The standard InChI is InChI=1S/C11H14O2.H2S/c1-9(2)11(12)13-8-10-6-4-3-5-7-10;/h3-7,9H,8H2,1-2H3;1H2. The molecule has 0 aliphatic carbocycles. The largest absolute Gasteiger partial charge is 0.461 e. The minimum absolute atomic E-state index is 0. The topological polar surface area (TPSA) is 26.3 Å². The van der Waals surface area contributed by atoms with E-state index in [1.807, 2.05) is 44.2 Å².